The van der Waals surface area contributed by atoms with Gasteiger partial charge in [-0.15, -0.1) is 0 Å². The fraction of sp³-hybridized carbons (Fsp3) is 0.622. The number of aromatic nitrogens is 3. The van der Waals surface area contributed by atoms with Crippen LogP contribution in [0.2, 0.25) is 0 Å². The van der Waals surface area contributed by atoms with E-state index in [1.165, 1.54) is 4.57 Å². The molecular weight excluding hydrogens is 781 g/mol. The number of imide groups is 1. The van der Waals surface area contributed by atoms with Gasteiger partial charge in [-0.2, -0.15) is 0 Å². The lowest BCUT2D eigenvalue weighted by Crippen LogP contribution is -2.58. The van der Waals surface area contributed by atoms with Crippen LogP contribution in [-0.2, 0) is 23.9 Å². The van der Waals surface area contributed by atoms with Crippen molar-refractivity contribution in [2.75, 3.05) is 24.5 Å². The Morgan fingerprint density at radius 3 is 2.38 bits per heavy atom. The Labute approximate surface area is 353 Å². The molecule has 5 saturated heterocycles. The second-order valence-corrected chi connectivity index (χ2v) is 19.9. The summed E-state index contributed by atoms with van der Waals surface area (Å²) in [6.07, 6.45) is 9.81. The third-order valence-corrected chi connectivity index (χ3v) is 14.8. The highest BCUT2D eigenvalue weighted by atomic mass is 16.6. The first-order valence-electron chi connectivity index (χ1n) is 22.3. The minimum absolute atomic E-state index is 0.00252. The molecule has 16 heteroatoms. The molecule has 16 nitrogen and oxygen atoms in total. The lowest BCUT2D eigenvalue weighted by molar-refractivity contribution is -0.148. The number of H-pyrrole nitrogens is 1. The van der Waals surface area contributed by atoms with Gasteiger partial charge in [-0.25, -0.2) is 9.59 Å². The second kappa shape index (κ2) is 14.6. The van der Waals surface area contributed by atoms with Gasteiger partial charge in [0.1, 0.15) is 23.7 Å². The molecule has 10 rings (SSSR count). The molecule has 3 N–H and O–H groups in total. The lowest BCUT2D eigenvalue weighted by Gasteiger charge is -2.37. The van der Waals surface area contributed by atoms with Crippen LogP contribution < -0.4 is 26.8 Å². The van der Waals surface area contributed by atoms with E-state index in [0.29, 0.717) is 55.3 Å². The van der Waals surface area contributed by atoms with Gasteiger partial charge in [0.05, 0.1) is 11.0 Å². The number of imidazole rings is 1. The molecule has 7 aliphatic rings. The summed E-state index contributed by atoms with van der Waals surface area (Å²) in [5.41, 5.74) is 1.75. The summed E-state index contributed by atoms with van der Waals surface area (Å²) in [6.45, 7) is 7.33. The SMILES string of the molecule is CC(C)(C)OC(=O)N[C@H]1C[C@@H]2C[C@@H]2C[C@H]2CC[C@@H](C(=O)N3C[C@@H](c4ccn(C5CCN(c6ccc7c(c6)[nH]c(=O)n7C6CCC(=O)NC6=O)CC5)c(=O)c4)CC34CC4)N2C1=O. The van der Waals surface area contributed by atoms with Crippen molar-refractivity contribution in [1.29, 1.82) is 0 Å². The van der Waals surface area contributed by atoms with Gasteiger partial charge in [-0.05, 0) is 133 Å². The average Bonchev–Trinajstić information content (AvgIpc) is 4.00. The van der Waals surface area contributed by atoms with Crippen molar-refractivity contribution in [1.82, 2.24) is 34.6 Å². The smallest absolute Gasteiger partial charge is 0.408 e. The Kier molecular flexibility index (Phi) is 9.51. The standard InChI is InChI=1S/C45H56N8O8/c1-44(2,3)61-43(60)47-33-20-27-18-26(27)19-31-5-7-36(52(31)40(33)57)41(58)51-24-28(23-45(51)13-14-45)25-10-17-50(38(55)21-25)29-11-15-49(16-12-29)30-4-6-34-32(22-30)46-42(59)53(34)35-8-9-37(54)48-39(35)56/h4,6,10,17,21-22,26-29,31,33,35-36H,5,7-9,11-16,18-20,23-24H2,1-3H3,(H,46,59)(H,47,60)(H,48,54,56)/t26-,27+,28+,31-,33+,35?,36+/m1/s1. The fourth-order valence-corrected chi connectivity index (χ4v) is 11.5. The number of rotatable bonds is 6. The molecule has 5 aliphatic heterocycles. The van der Waals surface area contributed by atoms with Crippen LogP contribution in [-0.4, -0.2) is 103 Å². The topological polar surface area (TPSA) is 188 Å². The van der Waals surface area contributed by atoms with Crippen LogP contribution >= 0.6 is 0 Å². The van der Waals surface area contributed by atoms with Crippen LogP contribution in [0.25, 0.3) is 11.0 Å². The number of aromatic amines is 1. The molecule has 7 heterocycles. The maximum atomic E-state index is 14.6. The van der Waals surface area contributed by atoms with Crippen molar-refractivity contribution < 1.29 is 28.7 Å². The number of nitrogens with zero attached hydrogens (tertiary/aromatic N) is 5. The number of pyridine rings is 1. The first-order chi connectivity index (χ1) is 29.1. The molecule has 61 heavy (non-hydrogen) atoms. The quantitative estimate of drug-likeness (QED) is 0.310. The van der Waals surface area contributed by atoms with E-state index >= 15 is 0 Å². The Morgan fingerprint density at radius 1 is 0.885 bits per heavy atom. The summed E-state index contributed by atoms with van der Waals surface area (Å²) in [4.78, 5) is 102. The zero-order valence-corrected chi connectivity index (χ0v) is 35.2. The molecule has 2 aromatic heterocycles. The second-order valence-electron chi connectivity index (χ2n) is 19.9. The predicted octanol–water partition coefficient (Wildman–Crippen LogP) is 3.84. The van der Waals surface area contributed by atoms with Crippen molar-refractivity contribution in [2.24, 2.45) is 11.8 Å². The number of hydrogen-bond donors (Lipinski definition) is 3. The summed E-state index contributed by atoms with van der Waals surface area (Å²) < 4.78 is 8.80. The van der Waals surface area contributed by atoms with Crippen molar-refractivity contribution in [3.8, 4) is 0 Å². The van der Waals surface area contributed by atoms with Gasteiger partial charge in [0.2, 0.25) is 23.6 Å². The summed E-state index contributed by atoms with van der Waals surface area (Å²) in [6, 6.07) is 7.50. The van der Waals surface area contributed by atoms with E-state index in [1.807, 2.05) is 44.8 Å². The number of benzene rings is 1. The molecule has 324 valence electrons. The van der Waals surface area contributed by atoms with Crippen LogP contribution in [0.1, 0.15) is 121 Å². The monoisotopic (exact) mass is 836 g/mol. The molecule has 3 aromatic rings. The first kappa shape index (κ1) is 39.7. The van der Waals surface area contributed by atoms with Gasteiger partial charge in [0.15, 0.2) is 0 Å². The number of ether oxygens (including phenoxy) is 1. The molecule has 1 unspecified atom stereocenters. The molecule has 1 spiro atoms. The summed E-state index contributed by atoms with van der Waals surface area (Å²) >= 11 is 0. The van der Waals surface area contributed by atoms with Crippen LogP contribution in [0.4, 0.5) is 10.5 Å². The van der Waals surface area contributed by atoms with E-state index in [9.17, 15) is 33.6 Å². The molecule has 7 atom stereocenters. The number of hydrogen-bond acceptors (Lipinski definition) is 9. The van der Waals surface area contributed by atoms with E-state index in [1.54, 1.807) is 26.8 Å². The molecule has 7 fully saturated rings. The Hall–Kier alpha value is -5.41. The van der Waals surface area contributed by atoms with Gasteiger partial charge in [-0.3, -0.25) is 33.9 Å². The molecule has 1 aromatic carbocycles. The van der Waals surface area contributed by atoms with Gasteiger partial charge >= 0.3 is 11.8 Å². The largest absolute Gasteiger partial charge is 0.444 e. The number of nitrogens with one attached hydrogen (secondary N) is 3. The van der Waals surface area contributed by atoms with E-state index < -0.39 is 35.7 Å². The Bertz CT molecular complexity index is 2430. The highest BCUT2D eigenvalue weighted by Gasteiger charge is 2.59. The molecule has 0 radical (unpaired) electrons. The number of carbonyl (C=O) groups is 5. The maximum Gasteiger partial charge on any atom is 0.408 e. The average molecular weight is 837 g/mol. The van der Waals surface area contributed by atoms with Gasteiger partial charge in [0.25, 0.3) is 5.56 Å². The van der Waals surface area contributed by atoms with E-state index in [0.717, 1.165) is 62.6 Å². The number of likely N-dealkylation sites (tertiary alicyclic amines) is 1. The van der Waals surface area contributed by atoms with Crippen LogP contribution in [0.3, 0.4) is 0 Å². The zero-order chi connectivity index (χ0) is 42.5. The first-order valence-corrected chi connectivity index (χ1v) is 22.3. The van der Waals surface area contributed by atoms with Crippen molar-refractivity contribution >= 4 is 46.4 Å². The minimum atomic E-state index is -0.743. The van der Waals surface area contributed by atoms with E-state index in [4.69, 9.17) is 4.74 Å². The third kappa shape index (κ3) is 7.32. The Balaban J connectivity index is 0.792. The van der Waals surface area contributed by atoms with Crippen LogP contribution in [0.5, 0.6) is 0 Å². The Morgan fingerprint density at radius 2 is 1.66 bits per heavy atom. The third-order valence-electron chi connectivity index (χ3n) is 14.8. The number of carbonyl (C=O) groups excluding carboxylic acids is 5. The van der Waals surface area contributed by atoms with E-state index in [-0.39, 0.29) is 65.4 Å². The predicted molar refractivity (Wildman–Crippen MR) is 224 cm³/mol. The number of fused-ring (bicyclic) bond motifs is 3. The highest BCUT2D eigenvalue weighted by Crippen LogP contribution is 2.55. The molecule has 5 amide bonds. The molecule has 2 saturated carbocycles. The number of amides is 5. The molecule has 2 aliphatic carbocycles. The van der Waals surface area contributed by atoms with E-state index in [2.05, 4.69) is 20.5 Å². The summed E-state index contributed by atoms with van der Waals surface area (Å²) in [5, 5.41) is 5.21. The van der Waals surface area contributed by atoms with Gasteiger partial charge < -0.3 is 34.3 Å². The van der Waals surface area contributed by atoms with Crippen LogP contribution in [0.15, 0.2) is 46.1 Å². The maximum absolute atomic E-state index is 14.6. The number of alkyl carbamates (subject to hydrolysis) is 1. The minimum Gasteiger partial charge on any atom is -0.444 e. The summed E-state index contributed by atoms with van der Waals surface area (Å²) in [7, 11) is 0. The zero-order valence-electron chi connectivity index (χ0n) is 35.2. The molecular formula is C45H56N8O8. The molecule has 0 bridgehead atoms. The van der Waals surface area contributed by atoms with Gasteiger partial charge in [-0.1, -0.05) is 0 Å². The highest BCUT2D eigenvalue weighted by molar-refractivity contribution is 6.00. The van der Waals surface area contributed by atoms with Gasteiger partial charge in [0, 0.05) is 67.5 Å². The fourth-order valence-electron chi connectivity index (χ4n) is 11.5. The number of piperidine rings is 2. The van der Waals surface area contributed by atoms with Crippen molar-refractivity contribution in [3.05, 3.63) is 62.9 Å². The normalized spacial score (nSPS) is 29.9. The lowest BCUT2D eigenvalue weighted by atomic mass is 9.96. The van der Waals surface area contributed by atoms with Crippen LogP contribution in [0, 0.1) is 11.8 Å². The number of anilines is 1. The van der Waals surface area contributed by atoms with Crippen molar-refractivity contribution in [2.45, 2.75) is 145 Å². The summed E-state index contributed by atoms with van der Waals surface area (Å²) in [5.74, 6) is -0.0389. The van der Waals surface area contributed by atoms with Crippen molar-refractivity contribution in [3.63, 3.8) is 0 Å².